The Bertz CT molecular complexity index is 748. The predicted molar refractivity (Wildman–Crippen MR) is 114 cm³/mol. The summed E-state index contributed by atoms with van der Waals surface area (Å²) in [4.78, 5) is 17.8. The van der Waals surface area contributed by atoms with Crippen molar-refractivity contribution in [3.8, 4) is 0 Å². The molecule has 0 aromatic heterocycles. The summed E-state index contributed by atoms with van der Waals surface area (Å²) in [6, 6.07) is 6.95. The van der Waals surface area contributed by atoms with Crippen LogP contribution < -0.4 is 0 Å². The number of Topliss-reactive ketones (excluding diaryl/α,β-unsaturated/α-hetero) is 1. The van der Waals surface area contributed by atoms with Gasteiger partial charge in [-0.3, -0.25) is 14.6 Å². The van der Waals surface area contributed by atoms with Crippen molar-refractivity contribution < 1.29 is 9.18 Å². The topological polar surface area (TPSA) is 23.6 Å². The number of rotatable bonds is 6. The third kappa shape index (κ3) is 4.37. The highest BCUT2D eigenvalue weighted by Gasteiger charge is 2.40. The number of piperidine rings is 1. The van der Waals surface area contributed by atoms with E-state index in [0.29, 0.717) is 18.2 Å². The molecular weight excluding hydrogens is 371 g/mol. The second-order valence-electron chi connectivity index (χ2n) is 8.64. The molecule has 1 saturated carbocycles. The van der Waals surface area contributed by atoms with Gasteiger partial charge in [-0.2, -0.15) is 12.6 Å². The average Bonchev–Trinajstić information content (AvgIpc) is 3.46. The van der Waals surface area contributed by atoms with E-state index < -0.39 is 6.04 Å². The van der Waals surface area contributed by atoms with Crippen molar-refractivity contribution >= 4 is 18.4 Å². The minimum atomic E-state index is -0.469. The van der Waals surface area contributed by atoms with Gasteiger partial charge >= 0.3 is 0 Å². The summed E-state index contributed by atoms with van der Waals surface area (Å²) in [6.07, 6.45) is 7.64. The van der Waals surface area contributed by atoms with Crippen LogP contribution in [0.5, 0.6) is 0 Å². The second-order valence-corrected chi connectivity index (χ2v) is 9.26. The van der Waals surface area contributed by atoms with Gasteiger partial charge in [-0.1, -0.05) is 24.3 Å². The largest absolute Gasteiger partial charge is 0.297 e. The Labute approximate surface area is 173 Å². The molecule has 28 heavy (non-hydrogen) atoms. The van der Waals surface area contributed by atoms with Crippen LogP contribution >= 0.6 is 12.6 Å². The number of thiol groups is 1. The van der Waals surface area contributed by atoms with Gasteiger partial charge < -0.3 is 0 Å². The van der Waals surface area contributed by atoms with Crippen molar-refractivity contribution in [1.29, 1.82) is 0 Å². The van der Waals surface area contributed by atoms with E-state index in [-0.39, 0.29) is 22.8 Å². The molecule has 0 N–H and O–H groups in total. The number of benzene rings is 1. The molecule has 5 heteroatoms. The third-order valence-corrected chi connectivity index (χ3v) is 7.19. The Morgan fingerprint density at radius 2 is 2.04 bits per heavy atom. The lowest BCUT2D eigenvalue weighted by atomic mass is 9.93. The number of nitrogens with zero attached hydrogens (tertiary/aromatic N) is 2. The van der Waals surface area contributed by atoms with E-state index in [4.69, 9.17) is 12.6 Å². The molecule has 2 aliphatic heterocycles. The first-order chi connectivity index (χ1) is 13.5. The Balaban J connectivity index is 1.54. The van der Waals surface area contributed by atoms with Crippen LogP contribution in [0.25, 0.3) is 0 Å². The molecule has 1 aromatic carbocycles. The summed E-state index contributed by atoms with van der Waals surface area (Å²) in [5, 5.41) is 0.228. The Kier molecular flexibility index (Phi) is 6.24. The van der Waals surface area contributed by atoms with E-state index in [9.17, 15) is 9.18 Å². The van der Waals surface area contributed by atoms with Crippen LogP contribution in [-0.4, -0.2) is 53.1 Å². The second kappa shape index (κ2) is 8.68. The average molecular weight is 403 g/mol. The number of halogens is 1. The summed E-state index contributed by atoms with van der Waals surface area (Å²) in [5.74, 6) is 0.0253. The standard InChI is InChI=1S/C23H31FN2OS/c1-16-5-4-12-25(16)13-10-18-15-26(14-11-21(18)28)22(23(27)17-8-9-17)19-6-2-3-7-20(19)24/h2-3,6-7,10,16-17,21-22,28H,4-5,8-9,11-15H2,1H3/b18-10+. The molecule has 0 bridgehead atoms. The fraction of sp³-hybridized carbons (Fsp3) is 0.609. The number of ketones is 1. The van der Waals surface area contributed by atoms with Crippen molar-refractivity contribution in [2.75, 3.05) is 26.2 Å². The summed E-state index contributed by atoms with van der Waals surface area (Å²) in [5.41, 5.74) is 1.81. The number of hydrogen-bond acceptors (Lipinski definition) is 4. The van der Waals surface area contributed by atoms with Crippen molar-refractivity contribution in [3.63, 3.8) is 0 Å². The van der Waals surface area contributed by atoms with Gasteiger partial charge in [0.15, 0.2) is 5.78 Å². The number of carbonyl (C=O) groups is 1. The zero-order chi connectivity index (χ0) is 19.7. The predicted octanol–water partition coefficient (Wildman–Crippen LogP) is 4.26. The van der Waals surface area contributed by atoms with Crippen LogP contribution in [0.1, 0.15) is 50.6 Å². The van der Waals surface area contributed by atoms with Gasteiger partial charge in [0.05, 0.1) is 6.04 Å². The van der Waals surface area contributed by atoms with Gasteiger partial charge in [-0.05, 0) is 57.2 Å². The van der Waals surface area contributed by atoms with Crippen molar-refractivity contribution in [1.82, 2.24) is 9.80 Å². The highest BCUT2D eigenvalue weighted by atomic mass is 32.1. The molecule has 2 saturated heterocycles. The molecule has 0 amide bonds. The first-order valence-corrected chi connectivity index (χ1v) is 11.2. The summed E-state index contributed by atoms with van der Waals surface area (Å²) in [7, 11) is 0. The third-order valence-electron chi connectivity index (χ3n) is 6.60. The molecule has 3 nitrogen and oxygen atoms in total. The highest BCUT2D eigenvalue weighted by Crippen LogP contribution is 2.39. The lowest BCUT2D eigenvalue weighted by Crippen LogP contribution is -2.43. The Morgan fingerprint density at radius 3 is 2.71 bits per heavy atom. The van der Waals surface area contributed by atoms with Gasteiger partial charge in [0.25, 0.3) is 0 Å². The van der Waals surface area contributed by atoms with E-state index in [2.05, 4.69) is 22.8 Å². The molecule has 3 unspecified atom stereocenters. The first kappa shape index (κ1) is 20.1. The first-order valence-electron chi connectivity index (χ1n) is 10.7. The van der Waals surface area contributed by atoms with Crippen LogP contribution in [0.2, 0.25) is 0 Å². The normalized spacial score (nSPS) is 29.3. The number of likely N-dealkylation sites (tertiary alicyclic amines) is 2. The number of carbonyl (C=O) groups excluding carboxylic acids is 1. The molecular formula is C23H31FN2OS. The SMILES string of the molecule is CC1CCCN1C/C=C1\CN(C(C(=O)C2CC2)c2ccccc2F)CCC1S. The maximum absolute atomic E-state index is 14.6. The van der Waals surface area contributed by atoms with E-state index in [1.165, 1.54) is 24.5 Å². The van der Waals surface area contributed by atoms with Crippen LogP contribution in [0.4, 0.5) is 4.39 Å². The molecule has 1 aromatic rings. The lowest BCUT2D eigenvalue weighted by Gasteiger charge is -2.38. The van der Waals surface area contributed by atoms with Crippen LogP contribution in [-0.2, 0) is 4.79 Å². The van der Waals surface area contributed by atoms with Gasteiger partial charge in [-0.15, -0.1) is 0 Å². The summed E-state index contributed by atoms with van der Waals surface area (Å²) < 4.78 is 14.6. The van der Waals surface area contributed by atoms with E-state index in [0.717, 1.165) is 38.9 Å². The molecule has 0 radical (unpaired) electrons. The molecule has 3 aliphatic rings. The summed E-state index contributed by atoms with van der Waals surface area (Å²) in [6.45, 7) is 5.88. The van der Waals surface area contributed by atoms with Gasteiger partial charge in [0.2, 0.25) is 0 Å². The lowest BCUT2D eigenvalue weighted by molar-refractivity contribution is -0.126. The molecule has 152 valence electrons. The molecule has 1 aliphatic carbocycles. The smallest absolute Gasteiger partial charge is 0.157 e. The van der Waals surface area contributed by atoms with Crippen molar-refractivity contribution in [2.24, 2.45) is 5.92 Å². The summed E-state index contributed by atoms with van der Waals surface area (Å²) >= 11 is 4.80. The quantitative estimate of drug-likeness (QED) is 0.568. The monoisotopic (exact) mass is 402 g/mol. The van der Waals surface area contributed by atoms with E-state index in [1.54, 1.807) is 12.1 Å². The molecule has 3 atom stereocenters. The molecule has 3 fully saturated rings. The number of hydrogen-bond donors (Lipinski definition) is 1. The zero-order valence-electron chi connectivity index (χ0n) is 16.7. The van der Waals surface area contributed by atoms with Crippen LogP contribution in [0.3, 0.4) is 0 Å². The van der Waals surface area contributed by atoms with E-state index in [1.807, 2.05) is 6.07 Å². The maximum Gasteiger partial charge on any atom is 0.157 e. The minimum absolute atomic E-state index is 0.108. The fourth-order valence-corrected chi connectivity index (χ4v) is 4.93. The Morgan fingerprint density at radius 1 is 1.25 bits per heavy atom. The van der Waals surface area contributed by atoms with Gasteiger partial charge in [0.1, 0.15) is 5.82 Å². The Hall–Kier alpha value is -1.17. The van der Waals surface area contributed by atoms with E-state index >= 15 is 0 Å². The van der Waals surface area contributed by atoms with Crippen LogP contribution in [0, 0.1) is 11.7 Å². The van der Waals surface area contributed by atoms with Crippen LogP contribution in [0.15, 0.2) is 35.9 Å². The van der Waals surface area contributed by atoms with Gasteiger partial charge in [0, 0.05) is 42.4 Å². The highest BCUT2D eigenvalue weighted by molar-refractivity contribution is 7.81. The minimum Gasteiger partial charge on any atom is -0.297 e. The molecule has 4 rings (SSSR count). The zero-order valence-corrected chi connectivity index (χ0v) is 17.6. The molecule has 2 heterocycles. The van der Waals surface area contributed by atoms with Crippen molar-refractivity contribution in [2.45, 2.75) is 56.4 Å². The van der Waals surface area contributed by atoms with Gasteiger partial charge in [-0.25, -0.2) is 4.39 Å². The maximum atomic E-state index is 14.6. The molecule has 0 spiro atoms. The fourth-order valence-electron chi connectivity index (χ4n) is 4.63. The van der Waals surface area contributed by atoms with Crippen molar-refractivity contribution in [3.05, 3.63) is 47.3 Å².